The van der Waals surface area contributed by atoms with E-state index in [2.05, 4.69) is 5.32 Å². The van der Waals surface area contributed by atoms with Crippen LogP contribution in [0.4, 0.5) is 0 Å². The normalized spacial score (nSPS) is 25.5. The monoisotopic (exact) mass is 360 g/mol. The van der Waals surface area contributed by atoms with Crippen LogP contribution < -0.4 is 5.32 Å². The molecule has 0 amide bonds. The number of aliphatic carboxylic acids is 1. The molecule has 0 aliphatic heterocycles. The van der Waals surface area contributed by atoms with E-state index in [1.54, 1.807) is 0 Å². The van der Waals surface area contributed by atoms with Crippen molar-refractivity contribution in [2.75, 3.05) is 0 Å². The van der Waals surface area contributed by atoms with Crippen molar-refractivity contribution in [2.45, 2.75) is 56.9 Å². The van der Waals surface area contributed by atoms with Crippen molar-refractivity contribution < 1.29 is 20.1 Å². The molecule has 1 aromatic heterocycles. The van der Waals surface area contributed by atoms with Crippen molar-refractivity contribution in [2.24, 2.45) is 13.0 Å². The number of benzene rings is 1. The summed E-state index contributed by atoms with van der Waals surface area (Å²) in [6.45, 7) is 2.01. The molecule has 4 atom stereocenters. The first-order valence-electron chi connectivity index (χ1n) is 9.28. The first-order valence-corrected chi connectivity index (χ1v) is 9.28. The zero-order valence-corrected chi connectivity index (χ0v) is 15.3. The molecule has 3 rings (SSSR count). The minimum Gasteiger partial charge on any atom is -0.480 e. The highest BCUT2D eigenvalue weighted by atomic mass is 16.4. The molecule has 0 bridgehead atoms. The molecule has 6 nitrogen and oxygen atoms in total. The molecule has 1 aliphatic rings. The second-order valence-electron chi connectivity index (χ2n) is 7.42. The first-order chi connectivity index (χ1) is 12.4. The summed E-state index contributed by atoms with van der Waals surface area (Å²) in [7, 11) is 1.96. The smallest absolute Gasteiger partial charge is 0.321 e. The number of para-hydroxylation sites is 1. The predicted molar refractivity (Wildman–Crippen MR) is 100.0 cm³/mol. The number of carbonyl (C=O) groups is 1. The van der Waals surface area contributed by atoms with E-state index < -0.39 is 24.2 Å². The number of hydrogen-bond donors (Lipinski definition) is 4. The third kappa shape index (κ3) is 3.77. The summed E-state index contributed by atoms with van der Waals surface area (Å²) in [6, 6.07) is 7.23. The van der Waals surface area contributed by atoms with Crippen molar-refractivity contribution in [3.05, 3.63) is 36.0 Å². The van der Waals surface area contributed by atoms with Gasteiger partial charge in [-0.15, -0.1) is 0 Å². The van der Waals surface area contributed by atoms with Crippen LogP contribution in [0.2, 0.25) is 0 Å². The quantitative estimate of drug-likeness (QED) is 0.603. The van der Waals surface area contributed by atoms with Crippen LogP contribution in [-0.2, 0) is 18.3 Å². The lowest BCUT2D eigenvalue weighted by atomic mass is 9.93. The number of fused-ring (bicyclic) bond motifs is 1. The topological polar surface area (TPSA) is 94.7 Å². The van der Waals surface area contributed by atoms with Gasteiger partial charge >= 0.3 is 5.97 Å². The molecule has 6 heteroatoms. The van der Waals surface area contributed by atoms with Gasteiger partial charge < -0.3 is 25.2 Å². The number of carboxylic acids is 1. The Morgan fingerprint density at radius 3 is 2.54 bits per heavy atom. The van der Waals surface area contributed by atoms with E-state index >= 15 is 0 Å². The van der Waals surface area contributed by atoms with Crippen molar-refractivity contribution >= 4 is 16.9 Å². The van der Waals surface area contributed by atoms with Gasteiger partial charge in [-0.25, -0.2) is 0 Å². The molecule has 1 saturated carbocycles. The highest BCUT2D eigenvalue weighted by Gasteiger charge is 2.37. The number of aryl methyl sites for hydroxylation is 1. The van der Waals surface area contributed by atoms with Gasteiger partial charge in [0.1, 0.15) is 6.04 Å². The number of rotatable bonds is 7. The van der Waals surface area contributed by atoms with Crippen LogP contribution in [0.25, 0.3) is 10.9 Å². The summed E-state index contributed by atoms with van der Waals surface area (Å²) in [5.74, 6) is -0.796. The molecular formula is C20H28N2O4. The van der Waals surface area contributed by atoms with Crippen LogP contribution in [0.1, 0.15) is 31.7 Å². The van der Waals surface area contributed by atoms with Crippen molar-refractivity contribution in [1.29, 1.82) is 0 Å². The summed E-state index contributed by atoms with van der Waals surface area (Å²) >= 11 is 0. The summed E-state index contributed by atoms with van der Waals surface area (Å²) in [5, 5.41) is 33.7. The molecule has 1 heterocycles. The Bertz CT molecular complexity index is 762. The van der Waals surface area contributed by atoms with Gasteiger partial charge in [0.25, 0.3) is 0 Å². The molecule has 4 N–H and O–H groups in total. The SMILES string of the molecule is CCC(N[C@@H](Cc1cn(C)c2ccccc12)C(=O)O)C1CC(O)C(O)C1. The molecule has 1 aliphatic carbocycles. The average Bonchev–Trinajstić information content (AvgIpc) is 3.11. The van der Waals surface area contributed by atoms with Gasteiger partial charge in [0.15, 0.2) is 0 Å². The lowest BCUT2D eigenvalue weighted by molar-refractivity contribution is -0.139. The second-order valence-corrected chi connectivity index (χ2v) is 7.42. The fourth-order valence-electron chi connectivity index (χ4n) is 4.23. The van der Waals surface area contributed by atoms with Crippen molar-refractivity contribution in [3.63, 3.8) is 0 Å². The number of aliphatic hydroxyl groups excluding tert-OH is 2. The highest BCUT2D eigenvalue weighted by molar-refractivity contribution is 5.85. The number of carboxylic acid groups (broad SMARTS) is 1. The Labute approximate surface area is 153 Å². The maximum atomic E-state index is 11.9. The average molecular weight is 360 g/mol. The third-order valence-corrected chi connectivity index (χ3v) is 5.66. The zero-order chi connectivity index (χ0) is 18.8. The Morgan fingerprint density at radius 1 is 1.27 bits per heavy atom. The summed E-state index contributed by atoms with van der Waals surface area (Å²) in [5.41, 5.74) is 2.09. The van der Waals surface area contributed by atoms with E-state index in [1.807, 2.05) is 49.0 Å². The van der Waals surface area contributed by atoms with Crippen LogP contribution in [0.5, 0.6) is 0 Å². The van der Waals surface area contributed by atoms with Gasteiger partial charge in [0.2, 0.25) is 0 Å². The maximum Gasteiger partial charge on any atom is 0.321 e. The number of aliphatic hydroxyl groups is 2. The number of hydrogen-bond acceptors (Lipinski definition) is 4. The van der Waals surface area contributed by atoms with Gasteiger partial charge in [-0.3, -0.25) is 4.79 Å². The second kappa shape index (κ2) is 7.78. The predicted octanol–water partition coefficient (Wildman–Crippen LogP) is 1.67. The van der Waals surface area contributed by atoms with E-state index in [0.717, 1.165) is 22.9 Å². The van der Waals surface area contributed by atoms with Gasteiger partial charge in [0.05, 0.1) is 12.2 Å². The Morgan fingerprint density at radius 2 is 1.92 bits per heavy atom. The minimum atomic E-state index is -0.879. The molecule has 1 fully saturated rings. The van der Waals surface area contributed by atoms with E-state index in [9.17, 15) is 20.1 Å². The fourth-order valence-corrected chi connectivity index (χ4v) is 4.23. The first kappa shape index (κ1) is 18.9. The molecule has 0 saturated heterocycles. The van der Waals surface area contributed by atoms with Crippen LogP contribution >= 0.6 is 0 Å². The van der Waals surface area contributed by atoms with E-state index in [-0.39, 0.29) is 12.0 Å². The molecule has 0 spiro atoms. The van der Waals surface area contributed by atoms with E-state index in [0.29, 0.717) is 19.3 Å². The van der Waals surface area contributed by atoms with Crippen LogP contribution in [0.3, 0.4) is 0 Å². The molecule has 26 heavy (non-hydrogen) atoms. The maximum absolute atomic E-state index is 11.9. The molecule has 0 radical (unpaired) electrons. The van der Waals surface area contributed by atoms with Crippen LogP contribution in [0.15, 0.2) is 30.5 Å². The lowest BCUT2D eigenvalue weighted by Gasteiger charge is -2.27. The summed E-state index contributed by atoms with van der Waals surface area (Å²) in [4.78, 5) is 11.9. The third-order valence-electron chi connectivity index (χ3n) is 5.66. The number of nitrogens with zero attached hydrogens (tertiary/aromatic N) is 1. The van der Waals surface area contributed by atoms with Crippen molar-refractivity contribution in [3.8, 4) is 0 Å². The van der Waals surface area contributed by atoms with E-state index in [1.165, 1.54) is 0 Å². The summed E-state index contributed by atoms with van der Waals surface area (Å²) < 4.78 is 2.02. The number of aromatic nitrogens is 1. The number of nitrogens with one attached hydrogen (secondary N) is 1. The van der Waals surface area contributed by atoms with Gasteiger partial charge in [0, 0.05) is 36.6 Å². The molecule has 2 aromatic rings. The summed E-state index contributed by atoms with van der Waals surface area (Å²) in [6.07, 6.45) is 2.73. The Balaban J connectivity index is 1.77. The van der Waals surface area contributed by atoms with E-state index in [4.69, 9.17) is 0 Å². The standard InChI is InChI=1S/C20H28N2O4/c1-3-15(12-9-18(23)19(24)10-12)21-16(20(25)26)8-13-11-22(2)17-7-5-4-6-14(13)17/h4-7,11-12,15-16,18-19,21,23-24H,3,8-10H2,1-2H3,(H,25,26)/t12?,15?,16-,18?,19?/m0/s1. The van der Waals surface area contributed by atoms with Gasteiger partial charge in [-0.05, 0) is 36.8 Å². The molecule has 142 valence electrons. The largest absolute Gasteiger partial charge is 0.480 e. The minimum absolute atomic E-state index is 0.0436. The zero-order valence-electron chi connectivity index (χ0n) is 15.3. The molecular weight excluding hydrogens is 332 g/mol. The Kier molecular flexibility index (Phi) is 5.65. The van der Waals surface area contributed by atoms with Gasteiger partial charge in [-0.2, -0.15) is 0 Å². The Hall–Kier alpha value is -1.89. The lowest BCUT2D eigenvalue weighted by Crippen LogP contribution is -2.47. The molecule has 1 aromatic carbocycles. The fraction of sp³-hybridized carbons (Fsp3) is 0.550. The van der Waals surface area contributed by atoms with Crippen molar-refractivity contribution in [1.82, 2.24) is 9.88 Å². The van der Waals surface area contributed by atoms with Crippen LogP contribution in [-0.4, -0.2) is 50.1 Å². The highest BCUT2D eigenvalue weighted by Crippen LogP contribution is 2.30. The van der Waals surface area contributed by atoms with Crippen LogP contribution in [0, 0.1) is 5.92 Å². The van der Waals surface area contributed by atoms with Gasteiger partial charge in [-0.1, -0.05) is 25.1 Å². The molecule has 3 unspecified atom stereocenters.